The number of nitriles is 2. The SMILES string of the molecule is Cc1cc(C#N)cc(C)c1Oc1nc(Nc2ccc(C#N)cc2)nc2c1CN(C(=O)N1CCN(C)CC1)CC2. The van der Waals surface area contributed by atoms with Gasteiger partial charge in [-0.15, -0.1) is 0 Å². The minimum atomic E-state index is 0.0187. The third-order valence-corrected chi connectivity index (χ3v) is 7.12. The molecule has 2 amide bonds. The van der Waals surface area contributed by atoms with Crippen LogP contribution in [0.15, 0.2) is 36.4 Å². The third kappa shape index (κ3) is 5.62. The summed E-state index contributed by atoms with van der Waals surface area (Å²) in [5, 5.41) is 21.7. The van der Waals surface area contributed by atoms with Gasteiger partial charge in [-0.3, -0.25) is 0 Å². The van der Waals surface area contributed by atoms with Crippen LogP contribution in [0.5, 0.6) is 11.6 Å². The number of benzene rings is 2. The number of aryl methyl sites for hydroxylation is 2. The number of carbonyl (C=O) groups excluding carboxylic acids is 1. The standard InChI is InChI=1S/C29H30N8O2/c1-19-14-22(17-31)15-20(2)26(19)39-27-24-18-37(29(38)36-12-10-35(3)11-13-36)9-8-25(24)33-28(34-27)32-23-6-4-21(16-30)5-7-23/h4-7,14-15H,8-13,18H2,1-3H3,(H,32,33,34). The molecule has 0 bridgehead atoms. The number of aromatic nitrogens is 2. The normalized spacial score (nSPS) is 15.2. The highest BCUT2D eigenvalue weighted by atomic mass is 16.5. The van der Waals surface area contributed by atoms with E-state index in [0.717, 1.165) is 41.2 Å². The molecule has 0 unspecified atom stereocenters. The Labute approximate surface area is 228 Å². The van der Waals surface area contributed by atoms with E-state index < -0.39 is 0 Å². The molecule has 2 aliphatic heterocycles. The Bertz CT molecular complexity index is 1460. The number of urea groups is 1. The van der Waals surface area contributed by atoms with E-state index >= 15 is 0 Å². The number of amides is 2. The van der Waals surface area contributed by atoms with Crippen LogP contribution >= 0.6 is 0 Å². The fourth-order valence-corrected chi connectivity index (χ4v) is 4.91. The van der Waals surface area contributed by atoms with Gasteiger partial charge in [0.25, 0.3) is 0 Å². The van der Waals surface area contributed by atoms with Gasteiger partial charge >= 0.3 is 6.03 Å². The molecule has 2 aliphatic rings. The summed E-state index contributed by atoms with van der Waals surface area (Å²) in [6.45, 7) is 7.82. The molecule has 1 aromatic heterocycles. The predicted molar refractivity (Wildman–Crippen MR) is 146 cm³/mol. The molecule has 0 radical (unpaired) electrons. The van der Waals surface area contributed by atoms with E-state index in [4.69, 9.17) is 20.0 Å². The summed E-state index contributed by atoms with van der Waals surface area (Å²) in [5.41, 5.74) is 5.11. The Morgan fingerprint density at radius 3 is 2.23 bits per heavy atom. The van der Waals surface area contributed by atoms with E-state index in [0.29, 0.717) is 61.3 Å². The minimum Gasteiger partial charge on any atom is -0.438 e. The number of fused-ring (bicyclic) bond motifs is 1. The number of likely N-dealkylation sites (N-methyl/N-ethyl adjacent to an activating group) is 1. The van der Waals surface area contributed by atoms with Crippen molar-refractivity contribution in [3.8, 4) is 23.8 Å². The topological polar surface area (TPSA) is 121 Å². The monoisotopic (exact) mass is 522 g/mol. The number of ether oxygens (including phenoxy) is 1. The molecule has 0 atom stereocenters. The van der Waals surface area contributed by atoms with Gasteiger partial charge in [0, 0.05) is 44.8 Å². The Kier molecular flexibility index (Phi) is 7.31. The van der Waals surface area contributed by atoms with Crippen molar-refractivity contribution in [2.45, 2.75) is 26.8 Å². The zero-order valence-electron chi connectivity index (χ0n) is 22.4. The van der Waals surface area contributed by atoms with E-state index in [9.17, 15) is 10.1 Å². The molecule has 1 N–H and O–H groups in total. The second-order valence-electron chi connectivity index (χ2n) is 9.99. The van der Waals surface area contributed by atoms with Crippen LogP contribution in [-0.2, 0) is 13.0 Å². The number of hydrogen-bond donors (Lipinski definition) is 1. The van der Waals surface area contributed by atoms with Gasteiger partial charge in [-0.25, -0.2) is 9.78 Å². The highest BCUT2D eigenvalue weighted by molar-refractivity contribution is 5.75. The molecule has 3 heterocycles. The van der Waals surface area contributed by atoms with Gasteiger partial charge in [0.05, 0.1) is 41.1 Å². The molecule has 0 aliphatic carbocycles. The van der Waals surface area contributed by atoms with Crippen molar-refractivity contribution in [3.63, 3.8) is 0 Å². The van der Waals surface area contributed by atoms with Crippen molar-refractivity contribution < 1.29 is 9.53 Å². The number of hydrogen-bond acceptors (Lipinski definition) is 8. The first-order chi connectivity index (χ1) is 18.8. The van der Waals surface area contributed by atoms with Gasteiger partial charge in [0.15, 0.2) is 0 Å². The summed E-state index contributed by atoms with van der Waals surface area (Å²) in [5.74, 6) is 1.38. The molecule has 2 aromatic carbocycles. The van der Waals surface area contributed by atoms with Gasteiger partial charge in [0.2, 0.25) is 11.8 Å². The van der Waals surface area contributed by atoms with Crippen molar-refractivity contribution in [2.24, 2.45) is 0 Å². The lowest BCUT2D eigenvalue weighted by Gasteiger charge is -2.37. The maximum atomic E-state index is 13.4. The van der Waals surface area contributed by atoms with Crippen molar-refractivity contribution in [1.82, 2.24) is 24.7 Å². The zero-order valence-corrected chi connectivity index (χ0v) is 22.4. The van der Waals surface area contributed by atoms with Gasteiger partial charge in [-0.1, -0.05) is 0 Å². The Morgan fingerprint density at radius 1 is 0.923 bits per heavy atom. The highest BCUT2D eigenvalue weighted by Crippen LogP contribution is 2.35. The molecule has 0 spiro atoms. The molecule has 5 rings (SSSR count). The first-order valence-electron chi connectivity index (χ1n) is 12.9. The number of rotatable bonds is 4. The number of anilines is 2. The van der Waals surface area contributed by atoms with E-state index in [2.05, 4.69) is 29.4 Å². The zero-order chi connectivity index (χ0) is 27.5. The van der Waals surface area contributed by atoms with Crippen LogP contribution in [0.3, 0.4) is 0 Å². The number of piperazine rings is 1. The first kappa shape index (κ1) is 26.0. The van der Waals surface area contributed by atoms with Gasteiger partial charge < -0.3 is 24.8 Å². The molecule has 1 saturated heterocycles. The van der Waals surface area contributed by atoms with Crippen LogP contribution in [0.2, 0.25) is 0 Å². The smallest absolute Gasteiger partial charge is 0.320 e. The lowest BCUT2D eigenvalue weighted by molar-refractivity contribution is 0.118. The van der Waals surface area contributed by atoms with Crippen LogP contribution in [0, 0.1) is 36.5 Å². The minimum absolute atomic E-state index is 0.0187. The molecular formula is C29H30N8O2. The average Bonchev–Trinajstić information content (AvgIpc) is 2.95. The molecule has 39 heavy (non-hydrogen) atoms. The van der Waals surface area contributed by atoms with Crippen LogP contribution < -0.4 is 10.1 Å². The molecule has 1 fully saturated rings. The lowest BCUT2D eigenvalue weighted by atomic mass is 10.1. The van der Waals surface area contributed by atoms with Crippen LogP contribution in [0.25, 0.3) is 0 Å². The molecule has 0 saturated carbocycles. The second-order valence-corrected chi connectivity index (χ2v) is 9.99. The third-order valence-electron chi connectivity index (χ3n) is 7.12. The lowest BCUT2D eigenvalue weighted by Crippen LogP contribution is -2.52. The molecule has 10 nitrogen and oxygen atoms in total. The fraction of sp³-hybridized carbons (Fsp3) is 0.345. The molecular weight excluding hydrogens is 492 g/mol. The number of nitrogens with one attached hydrogen (secondary N) is 1. The molecule has 3 aromatic rings. The van der Waals surface area contributed by atoms with Crippen molar-refractivity contribution in [1.29, 1.82) is 10.5 Å². The van der Waals surface area contributed by atoms with E-state index in [1.807, 2.05) is 23.6 Å². The summed E-state index contributed by atoms with van der Waals surface area (Å²) < 4.78 is 6.44. The summed E-state index contributed by atoms with van der Waals surface area (Å²) in [7, 11) is 2.07. The fourth-order valence-electron chi connectivity index (χ4n) is 4.91. The van der Waals surface area contributed by atoms with Gasteiger partial charge in [-0.2, -0.15) is 15.5 Å². The van der Waals surface area contributed by atoms with Crippen molar-refractivity contribution in [3.05, 3.63) is 69.9 Å². The van der Waals surface area contributed by atoms with E-state index in [1.54, 1.807) is 36.4 Å². The van der Waals surface area contributed by atoms with Crippen LogP contribution in [0.1, 0.15) is 33.5 Å². The summed E-state index contributed by atoms with van der Waals surface area (Å²) in [6, 6.07) is 14.9. The largest absolute Gasteiger partial charge is 0.438 e. The number of carbonyl (C=O) groups is 1. The Hall–Kier alpha value is -4.67. The molecule has 10 heteroatoms. The summed E-state index contributed by atoms with van der Waals surface area (Å²) in [4.78, 5) is 28.8. The summed E-state index contributed by atoms with van der Waals surface area (Å²) >= 11 is 0. The first-order valence-corrected chi connectivity index (χ1v) is 12.9. The highest BCUT2D eigenvalue weighted by Gasteiger charge is 2.30. The number of nitrogens with zero attached hydrogens (tertiary/aromatic N) is 7. The van der Waals surface area contributed by atoms with Crippen molar-refractivity contribution in [2.75, 3.05) is 45.1 Å². The maximum absolute atomic E-state index is 13.4. The average molecular weight is 523 g/mol. The maximum Gasteiger partial charge on any atom is 0.320 e. The van der Waals surface area contributed by atoms with E-state index in [-0.39, 0.29) is 6.03 Å². The molecule has 198 valence electrons. The van der Waals surface area contributed by atoms with Gasteiger partial charge in [-0.05, 0) is 68.4 Å². The van der Waals surface area contributed by atoms with Crippen LogP contribution in [0.4, 0.5) is 16.4 Å². The van der Waals surface area contributed by atoms with Crippen molar-refractivity contribution >= 4 is 17.7 Å². The van der Waals surface area contributed by atoms with Crippen LogP contribution in [-0.4, -0.2) is 70.5 Å². The predicted octanol–water partition coefficient (Wildman–Crippen LogP) is 4.10. The summed E-state index contributed by atoms with van der Waals surface area (Å²) in [6.07, 6.45) is 0.571. The van der Waals surface area contributed by atoms with E-state index in [1.165, 1.54) is 0 Å². The Balaban J connectivity index is 1.48. The Morgan fingerprint density at radius 2 is 1.59 bits per heavy atom. The second kappa shape index (κ2) is 11.0. The quantitative estimate of drug-likeness (QED) is 0.544. The van der Waals surface area contributed by atoms with Gasteiger partial charge in [0.1, 0.15) is 5.75 Å².